The van der Waals surface area contributed by atoms with Gasteiger partial charge in [0.1, 0.15) is 6.33 Å². The molecule has 2 heterocycles. The maximum atomic E-state index is 4.76. The summed E-state index contributed by atoms with van der Waals surface area (Å²) in [4.78, 5) is 9.35. The molecule has 0 aliphatic carbocycles. The summed E-state index contributed by atoms with van der Waals surface area (Å²) >= 11 is 0. The number of nitrogens with zero attached hydrogens (tertiary/aromatic N) is 3. The minimum atomic E-state index is 0.998. The average Bonchev–Trinajstić information content (AvgIpc) is 3.10. The molecule has 0 spiro atoms. The monoisotopic (exact) mass is 383 g/mol. The molecule has 0 amide bonds. The van der Waals surface area contributed by atoms with Gasteiger partial charge in [-0.3, -0.25) is 0 Å². The molecule has 7 aromatic rings. The van der Waals surface area contributed by atoms with Crippen LogP contribution in [0.1, 0.15) is 5.69 Å². The maximum absolute atomic E-state index is 4.76. The van der Waals surface area contributed by atoms with Crippen LogP contribution in [0.4, 0.5) is 0 Å². The van der Waals surface area contributed by atoms with Crippen LogP contribution in [0.3, 0.4) is 0 Å². The van der Waals surface area contributed by atoms with Gasteiger partial charge in [-0.05, 0) is 59.5 Å². The van der Waals surface area contributed by atoms with Gasteiger partial charge in [0, 0.05) is 32.9 Å². The smallest absolute Gasteiger partial charge is 0.116 e. The Kier molecular flexibility index (Phi) is 2.94. The Bertz CT molecular complexity index is 1740. The van der Waals surface area contributed by atoms with Crippen molar-refractivity contribution >= 4 is 54.3 Å². The Morgan fingerprint density at radius 3 is 2.20 bits per heavy atom. The summed E-state index contributed by atoms with van der Waals surface area (Å²) in [5.41, 5.74) is 5.65. The molecular formula is C27H17N3. The van der Waals surface area contributed by atoms with E-state index in [1.807, 2.05) is 0 Å². The van der Waals surface area contributed by atoms with E-state index in [4.69, 9.17) is 4.98 Å². The van der Waals surface area contributed by atoms with Crippen LogP contribution >= 0.6 is 0 Å². The normalized spacial score (nSPS) is 12.2. The van der Waals surface area contributed by atoms with E-state index >= 15 is 0 Å². The third-order valence-corrected chi connectivity index (χ3v) is 6.39. The van der Waals surface area contributed by atoms with Gasteiger partial charge in [0.15, 0.2) is 0 Å². The summed E-state index contributed by atoms with van der Waals surface area (Å²) in [5.74, 6) is 0. The fourth-order valence-corrected chi connectivity index (χ4v) is 5.14. The van der Waals surface area contributed by atoms with Gasteiger partial charge in [-0.15, -0.1) is 0 Å². The number of fused-ring (bicyclic) bond motifs is 4. The summed E-state index contributed by atoms with van der Waals surface area (Å²) in [6.07, 6.45) is 1.69. The summed E-state index contributed by atoms with van der Waals surface area (Å²) in [7, 11) is 0. The van der Waals surface area contributed by atoms with E-state index in [0.29, 0.717) is 0 Å². The van der Waals surface area contributed by atoms with E-state index in [1.165, 1.54) is 49.2 Å². The molecule has 0 saturated carbocycles. The van der Waals surface area contributed by atoms with Gasteiger partial charge in [-0.25, -0.2) is 9.97 Å². The van der Waals surface area contributed by atoms with Crippen molar-refractivity contribution in [2.75, 3.05) is 0 Å². The zero-order chi connectivity index (χ0) is 19.8. The molecule has 7 rings (SSSR count). The standard InChI is InChI=1S/C27H17N3/c1-16-24-20-13-17-7-5-6-8-18(17)14-21(20)27-25-22(28-15-29-27)11-12-23(26(24)25)30(16)19-9-3-2-4-10-19/h2-15H,1H3. The third kappa shape index (κ3) is 1.89. The molecule has 5 aromatic carbocycles. The highest BCUT2D eigenvalue weighted by molar-refractivity contribution is 6.34. The second kappa shape index (κ2) is 5.55. The lowest BCUT2D eigenvalue weighted by atomic mass is 9.94. The number of hydrogen-bond donors (Lipinski definition) is 0. The summed E-state index contributed by atoms with van der Waals surface area (Å²) in [6.45, 7) is 2.22. The highest BCUT2D eigenvalue weighted by Crippen LogP contribution is 2.44. The summed E-state index contributed by atoms with van der Waals surface area (Å²) in [5, 5.41) is 8.64. The van der Waals surface area contributed by atoms with Crippen LogP contribution in [0.2, 0.25) is 0 Å². The predicted octanol–water partition coefficient (Wildman–Crippen LogP) is 6.78. The van der Waals surface area contributed by atoms with Gasteiger partial charge in [-0.1, -0.05) is 42.5 Å². The lowest BCUT2D eigenvalue weighted by Gasteiger charge is -2.10. The van der Waals surface area contributed by atoms with E-state index in [9.17, 15) is 0 Å². The molecule has 3 nitrogen and oxygen atoms in total. The van der Waals surface area contributed by atoms with Gasteiger partial charge in [0.2, 0.25) is 0 Å². The molecule has 0 bridgehead atoms. The molecule has 0 aliphatic heterocycles. The van der Waals surface area contributed by atoms with Crippen LogP contribution < -0.4 is 0 Å². The molecule has 0 radical (unpaired) electrons. The second-order valence-corrected chi connectivity index (χ2v) is 7.95. The van der Waals surface area contributed by atoms with E-state index in [2.05, 4.69) is 95.3 Å². The minimum Gasteiger partial charge on any atom is -0.313 e. The molecule has 0 aliphatic rings. The molecule has 0 N–H and O–H groups in total. The number of aryl methyl sites for hydroxylation is 1. The largest absolute Gasteiger partial charge is 0.313 e. The zero-order valence-electron chi connectivity index (χ0n) is 16.4. The summed E-state index contributed by atoms with van der Waals surface area (Å²) in [6, 6.07) is 28.1. The van der Waals surface area contributed by atoms with E-state index in [-0.39, 0.29) is 0 Å². The third-order valence-electron chi connectivity index (χ3n) is 6.39. The molecule has 2 aromatic heterocycles. The van der Waals surface area contributed by atoms with Crippen molar-refractivity contribution in [1.82, 2.24) is 14.5 Å². The minimum absolute atomic E-state index is 0.998. The van der Waals surface area contributed by atoms with Crippen molar-refractivity contribution in [1.29, 1.82) is 0 Å². The SMILES string of the molecule is Cc1c2c3cc4ccccc4cc3c3ncnc4ccc(c2c43)n1-c1ccccc1. The Morgan fingerprint density at radius 2 is 1.40 bits per heavy atom. The highest BCUT2D eigenvalue weighted by atomic mass is 15.0. The molecule has 0 fully saturated rings. The maximum Gasteiger partial charge on any atom is 0.116 e. The van der Waals surface area contributed by atoms with Gasteiger partial charge in [-0.2, -0.15) is 0 Å². The first-order chi connectivity index (χ1) is 14.8. The molecule has 0 unspecified atom stereocenters. The van der Waals surface area contributed by atoms with Crippen LogP contribution in [0.5, 0.6) is 0 Å². The van der Waals surface area contributed by atoms with Crippen LogP contribution in [0.15, 0.2) is 85.2 Å². The Labute approximate surface area is 172 Å². The average molecular weight is 383 g/mol. The number of benzene rings is 5. The van der Waals surface area contributed by atoms with E-state index in [1.54, 1.807) is 6.33 Å². The first-order valence-corrected chi connectivity index (χ1v) is 10.2. The van der Waals surface area contributed by atoms with Crippen LogP contribution in [-0.4, -0.2) is 14.5 Å². The van der Waals surface area contributed by atoms with Crippen molar-refractivity contribution in [2.45, 2.75) is 6.92 Å². The van der Waals surface area contributed by atoms with Crippen LogP contribution in [-0.2, 0) is 0 Å². The first kappa shape index (κ1) is 15.9. The molecular weight excluding hydrogens is 366 g/mol. The van der Waals surface area contributed by atoms with Crippen molar-refractivity contribution in [3.63, 3.8) is 0 Å². The lowest BCUT2D eigenvalue weighted by Crippen LogP contribution is -1.95. The van der Waals surface area contributed by atoms with Crippen molar-refractivity contribution in [2.24, 2.45) is 0 Å². The fourth-order valence-electron chi connectivity index (χ4n) is 5.14. The van der Waals surface area contributed by atoms with Crippen LogP contribution in [0.25, 0.3) is 59.9 Å². The van der Waals surface area contributed by atoms with Gasteiger partial charge >= 0.3 is 0 Å². The Morgan fingerprint density at radius 1 is 0.667 bits per heavy atom. The van der Waals surface area contributed by atoms with E-state index < -0.39 is 0 Å². The topological polar surface area (TPSA) is 30.7 Å². The van der Waals surface area contributed by atoms with Crippen molar-refractivity contribution in [3.05, 3.63) is 90.9 Å². The molecule has 140 valence electrons. The summed E-state index contributed by atoms with van der Waals surface area (Å²) < 4.78 is 2.37. The van der Waals surface area contributed by atoms with Gasteiger partial charge < -0.3 is 4.57 Å². The van der Waals surface area contributed by atoms with Crippen molar-refractivity contribution < 1.29 is 0 Å². The Hall–Kier alpha value is -3.98. The quantitative estimate of drug-likeness (QED) is 0.231. The number of para-hydroxylation sites is 1. The first-order valence-electron chi connectivity index (χ1n) is 10.2. The molecule has 0 atom stereocenters. The van der Waals surface area contributed by atoms with Gasteiger partial charge in [0.25, 0.3) is 0 Å². The van der Waals surface area contributed by atoms with Crippen LogP contribution in [0, 0.1) is 6.92 Å². The number of hydrogen-bond acceptors (Lipinski definition) is 2. The number of rotatable bonds is 1. The fraction of sp³-hybridized carbons (Fsp3) is 0.0370. The zero-order valence-corrected chi connectivity index (χ0v) is 16.4. The van der Waals surface area contributed by atoms with Gasteiger partial charge in [0.05, 0.1) is 16.6 Å². The lowest BCUT2D eigenvalue weighted by molar-refractivity contribution is 1.06. The predicted molar refractivity (Wildman–Crippen MR) is 125 cm³/mol. The molecule has 3 heteroatoms. The highest BCUT2D eigenvalue weighted by Gasteiger charge is 2.21. The number of aromatic nitrogens is 3. The second-order valence-electron chi connectivity index (χ2n) is 7.95. The molecule has 30 heavy (non-hydrogen) atoms. The Balaban J connectivity index is 1.83. The van der Waals surface area contributed by atoms with E-state index in [0.717, 1.165) is 16.4 Å². The van der Waals surface area contributed by atoms with Crippen molar-refractivity contribution in [3.8, 4) is 5.69 Å². The molecule has 0 saturated heterocycles.